The highest BCUT2D eigenvalue weighted by Crippen LogP contribution is 2.42. The number of aromatic nitrogens is 2. The molecule has 1 aromatic carbocycles. The van der Waals surface area contributed by atoms with E-state index in [-0.39, 0.29) is 5.54 Å². The lowest BCUT2D eigenvalue weighted by Gasteiger charge is -2.09. The van der Waals surface area contributed by atoms with Crippen LogP contribution < -0.4 is 15.2 Å². The van der Waals surface area contributed by atoms with Gasteiger partial charge in [-0.25, -0.2) is 4.98 Å². The third kappa shape index (κ3) is 2.06. The summed E-state index contributed by atoms with van der Waals surface area (Å²) in [6.45, 7) is 0. The van der Waals surface area contributed by atoms with Crippen molar-refractivity contribution in [3.63, 3.8) is 0 Å². The van der Waals surface area contributed by atoms with E-state index in [0.717, 1.165) is 41.4 Å². The molecule has 0 aliphatic heterocycles. The first kappa shape index (κ1) is 12.0. The maximum atomic E-state index is 6.13. The van der Waals surface area contributed by atoms with Crippen molar-refractivity contribution in [1.82, 2.24) is 9.97 Å². The van der Waals surface area contributed by atoms with Gasteiger partial charge in [0.25, 0.3) is 0 Å². The van der Waals surface area contributed by atoms with Crippen LogP contribution in [0.3, 0.4) is 0 Å². The van der Waals surface area contributed by atoms with Crippen LogP contribution in [0.25, 0.3) is 11.3 Å². The number of rotatable bonds is 4. The van der Waals surface area contributed by atoms with Gasteiger partial charge < -0.3 is 20.2 Å². The zero-order valence-electron chi connectivity index (χ0n) is 11.1. The summed E-state index contributed by atoms with van der Waals surface area (Å²) in [5, 5.41) is 0. The molecule has 0 bridgehead atoms. The number of H-pyrrole nitrogens is 1. The van der Waals surface area contributed by atoms with E-state index in [9.17, 15) is 0 Å². The summed E-state index contributed by atoms with van der Waals surface area (Å²) in [5.74, 6) is 2.36. The maximum Gasteiger partial charge on any atom is 0.131 e. The highest BCUT2D eigenvalue weighted by molar-refractivity contribution is 5.68. The average molecular weight is 259 g/mol. The fraction of sp³-hybridized carbons (Fsp3) is 0.357. The van der Waals surface area contributed by atoms with Gasteiger partial charge in [0.1, 0.15) is 17.3 Å². The molecule has 5 heteroatoms. The van der Waals surface area contributed by atoms with Crippen molar-refractivity contribution in [2.24, 2.45) is 5.73 Å². The van der Waals surface area contributed by atoms with E-state index in [1.54, 1.807) is 20.4 Å². The van der Waals surface area contributed by atoms with Crippen molar-refractivity contribution in [2.75, 3.05) is 14.2 Å². The predicted octanol–water partition coefficient (Wildman–Crippen LogP) is 2.04. The minimum atomic E-state index is -0.252. The molecule has 1 aliphatic rings. The van der Waals surface area contributed by atoms with Crippen LogP contribution in [0.15, 0.2) is 24.4 Å². The molecule has 0 saturated heterocycles. The van der Waals surface area contributed by atoms with Gasteiger partial charge in [-0.15, -0.1) is 0 Å². The van der Waals surface area contributed by atoms with E-state index in [4.69, 9.17) is 15.2 Å². The second kappa shape index (κ2) is 4.28. The summed E-state index contributed by atoms with van der Waals surface area (Å²) in [6, 6.07) is 5.70. The lowest BCUT2D eigenvalue weighted by atomic mass is 10.1. The fourth-order valence-electron chi connectivity index (χ4n) is 2.10. The molecule has 3 rings (SSSR count). The molecule has 0 radical (unpaired) electrons. The highest BCUT2D eigenvalue weighted by Gasteiger charge is 2.42. The molecule has 0 amide bonds. The predicted molar refractivity (Wildman–Crippen MR) is 72.2 cm³/mol. The van der Waals surface area contributed by atoms with Crippen molar-refractivity contribution in [3.8, 4) is 22.8 Å². The van der Waals surface area contributed by atoms with Crippen molar-refractivity contribution >= 4 is 0 Å². The standard InChI is InChI=1S/C14H17N3O2/c1-18-9-3-4-10(12(7-9)19-2)11-8-16-13(17-11)14(15)5-6-14/h3-4,7-8H,5-6,15H2,1-2H3,(H,16,17). The molecule has 1 saturated carbocycles. The Balaban J connectivity index is 1.99. The van der Waals surface area contributed by atoms with Crippen LogP contribution in [-0.2, 0) is 5.54 Å². The van der Waals surface area contributed by atoms with E-state index in [1.807, 2.05) is 18.2 Å². The Morgan fingerprint density at radius 2 is 2.05 bits per heavy atom. The Hall–Kier alpha value is -2.01. The van der Waals surface area contributed by atoms with E-state index in [2.05, 4.69) is 9.97 Å². The average Bonchev–Trinajstić information content (AvgIpc) is 3.01. The number of nitrogens with zero attached hydrogens (tertiary/aromatic N) is 1. The maximum absolute atomic E-state index is 6.13. The second-order valence-corrected chi connectivity index (χ2v) is 4.87. The molecule has 1 fully saturated rings. The Morgan fingerprint density at radius 3 is 2.68 bits per heavy atom. The zero-order valence-corrected chi connectivity index (χ0v) is 11.1. The van der Waals surface area contributed by atoms with Crippen LogP contribution in [0.4, 0.5) is 0 Å². The lowest BCUT2D eigenvalue weighted by molar-refractivity contribution is 0.395. The number of ether oxygens (including phenoxy) is 2. The van der Waals surface area contributed by atoms with Crippen LogP contribution in [0.1, 0.15) is 18.7 Å². The van der Waals surface area contributed by atoms with Gasteiger partial charge in [-0.1, -0.05) is 0 Å². The Morgan fingerprint density at radius 1 is 1.26 bits per heavy atom. The summed E-state index contributed by atoms with van der Waals surface area (Å²) in [4.78, 5) is 7.66. The molecule has 5 nitrogen and oxygen atoms in total. The number of hydrogen-bond donors (Lipinski definition) is 2. The quantitative estimate of drug-likeness (QED) is 0.881. The summed E-state index contributed by atoms with van der Waals surface area (Å²) < 4.78 is 10.6. The number of hydrogen-bond acceptors (Lipinski definition) is 4. The van der Waals surface area contributed by atoms with Crippen LogP contribution in [0.5, 0.6) is 11.5 Å². The normalized spacial score (nSPS) is 16.2. The number of aromatic amines is 1. The number of methoxy groups -OCH3 is 2. The van der Waals surface area contributed by atoms with E-state index < -0.39 is 0 Å². The van der Waals surface area contributed by atoms with Gasteiger partial charge in [-0.2, -0.15) is 0 Å². The number of nitrogens with one attached hydrogen (secondary N) is 1. The van der Waals surface area contributed by atoms with Crippen LogP contribution >= 0.6 is 0 Å². The summed E-state index contributed by atoms with van der Waals surface area (Å²) in [6.07, 6.45) is 3.77. The minimum Gasteiger partial charge on any atom is -0.497 e. The highest BCUT2D eigenvalue weighted by atomic mass is 16.5. The molecule has 2 aromatic rings. The number of benzene rings is 1. The van der Waals surface area contributed by atoms with Crippen molar-refractivity contribution in [2.45, 2.75) is 18.4 Å². The third-order valence-corrected chi connectivity index (χ3v) is 3.53. The number of nitrogens with two attached hydrogens (primary N) is 1. The van der Waals surface area contributed by atoms with Crippen molar-refractivity contribution in [1.29, 1.82) is 0 Å². The largest absolute Gasteiger partial charge is 0.497 e. The smallest absolute Gasteiger partial charge is 0.131 e. The van der Waals surface area contributed by atoms with Crippen molar-refractivity contribution in [3.05, 3.63) is 30.2 Å². The molecule has 0 unspecified atom stereocenters. The monoisotopic (exact) mass is 259 g/mol. The molecule has 100 valence electrons. The Kier molecular flexibility index (Phi) is 2.71. The zero-order chi connectivity index (χ0) is 13.5. The molecule has 1 aliphatic carbocycles. The first-order valence-electron chi connectivity index (χ1n) is 6.23. The lowest BCUT2D eigenvalue weighted by Crippen LogP contribution is -2.20. The summed E-state index contributed by atoms with van der Waals surface area (Å²) >= 11 is 0. The minimum absolute atomic E-state index is 0.252. The van der Waals surface area contributed by atoms with E-state index >= 15 is 0 Å². The molecular formula is C14H17N3O2. The van der Waals surface area contributed by atoms with Gasteiger partial charge >= 0.3 is 0 Å². The van der Waals surface area contributed by atoms with Gasteiger partial charge in [-0.3, -0.25) is 0 Å². The Bertz CT molecular complexity index is 602. The van der Waals surface area contributed by atoms with Gasteiger partial charge in [0, 0.05) is 11.6 Å². The van der Waals surface area contributed by atoms with Crippen LogP contribution in [-0.4, -0.2) is 24.2 Å². The fourth-order valence-corrected chi connectivity index (χ4v) is 2.10. The molecule has 19 heavy (non-hydrogen) atoms. The summed E-state index contributed by atoms with van der Waals surface area (Å²) in [7, 11) is 3.27. The topological polar surface area (TPSA) is 73.2 Å². The van der Waals surface area contributed by atoms with Crippen LogP contribution in [0.2, 0.25) is 0 Å². The molecule has 0 spiro atoms. The van der Waals surface area contributed by atoms with Crippen molar-refractivity contribution < 1.29 is 9.47 Å². The van der Waals surface area contributed by atoms with Gasteiger partial charge in [0.2, 0.25) is 0 Å². The molecule has 3 N–H and O–H groups in total. The van der Waals surface area contributed by atoms with E-state index in [0.29, 0.717) is 0 Å². The molecular weight excluding hydrogens is 242 g/mol. The first-order chi connectivity index (χ1) is 9.16. The van der Waals surface area contributed by atoms with E-state index in [1.165, 1.54) is 0 Å². The number of imidazole rings is 1. The second-order valence-electron chi connectivity index (χ2n) is 4.87. The first-order valence-corrected chi connectivity index (χ1v) is 6.23. The Labute approximate surface area is 111 Å². The van der Waals surface area contributed by atoms with Gasteiger partial charge in [-0.05, 0) is 25.0 Å². The summed E-state index contributed by atoms with van der Waals surface area (Å²) in [5.41, 5.74) is 7.74. The van der Waals surface area contributed by atoms with Crippen LogP contribution in [0, 0.1) is 0 Å². The molecule has 1 heterocycles. The third-order valence-electron chi connectivity index (χ3n) is 3.53. The van der Waals surface area contributed by atoms with Gasteiger partial charge in [0.15, 0.2) is 0 Å². The van der Waals surface area contributed by atoms with Gasteiger partial charge in [0.05, 0.1) is 31.6 Å². The molecule has 0 atom stereocenters. The molecule has 1 aromatic heterocycles. The SMILES string of the molecule is COc1ccc(-c2cnc(C3(N)CC3)[nH]2)c(OC)c1.